The maximum Gasteiger partial charge on any atom is 0.326 e. The van der Waals surface area contributed by atoms with Crippen molar-refractivity contribution in [3.63, 3.8) is 0 Å². The van der Waals surface area contributed by atoms with Crippen molar-refractivity contribution >= 4 is 34.2 Å². The average molecular weight is 386 g/mol. The highest BCUT2D eigenvalue weighted by atomic mass is 32.1. The van der Waals surface area contributed by atoms with Crippen LogP contribution in [-0.2, 0) is 4.79 Å². The molecule has 0 bridgehead atoms. The van der Waals surface area contributed by atoms with E-state index in [4.69, 9.17) is 4.98 Å². The van der Waals surface area contributed by atoms with E-state index in [2.05, 4.69) is 5.10 Å². The van der Waals surface area contributed by atoms with E-state index in [1.165, 1.54) is 18.9 Å². The molecule has 3 aromatic heterocycles. The highest BCUT2D eigenvalue weighted by Gasteiger charge is 2.26. The number of aryl methyl sites for hydroxylation is 1. The lowest BCUT2D eigenvalue weighted by Crippen LogP contribution is -2.40. The molecule has 1 N–H and O–H groups in total. The van der Waals surface area contributed by atoms with Gasteiger partial charge < -0.3 is 10.0 Å². The lowest BCUT2D eigenvalue weighted by atomic mass is 10.1. The van der Waals surface area contributed by atoms with Crippen LogP contribution in [-0.4, -0.2) is 49.7 Å². The van der Waals surface area contributed by atoms with Crippen molar-refractivity contribution in [1.82, 2.24) is 19.7 Å². The van der Waals surface area contributed by atoms with Gasteiger partial charge in [-0.3, -0.25) is 4.79 Å². The van der Waals surface area contributed by atoms with E-state index in [-0.39, 0.29) is 11.9 Å². The predicted molar refractivity (Wildman–Crippen MR) is 105 cm³/mol. The zero-order chi connectivity index (χ0) is 19.9. The maximum atomic E-state index is 13.1. The van der Waals surface area contributed by atoms with Crippen molar-refractivity contribution in [2.45, 2.75) is 39.8 Å². The van der Waals surface area contributed by atoms with Gasteiger partial charge in [-0.2, -0.15) is 5.10 Å². The molecule has 3 rings (SSSR count). The summed E-state index contributed by atoms with van der Waals surface area (Å²) < 4.78 is 1.77. The van der Waals surface area contributed by atoms with Crippen LogP contribution in [0.25, 0.3) is 21.6 Å². The smallest absolute Gasteiger partial charge is 0.326 e. The number of likely N-dealkylation sites (N-methyl/N-ethyl adjacent to an activating group) is 1. The molecule has 0 saturated heterocycles. The minimum Gasteiger partial charge on any atom is -0.480 e. The fourth-order valence-corrected chi connectivity index (χ4v) is 3.63. The zero-order valence-electron chi connectivity index (χ0n) is 15.9. The Labute approximate surface area is 161 Å². The Morgan fingerprint density at radius 3 is 2.52 bits per heavy atom. The Hall–Kier alpha value is -2.74. The molecule has 1 atom stereocenters. The first-order valence-electron chi connectivity index (χ1n) is 8.65. The predicted octanol–water partition coefficient (Wildman–Crippen LogP) is 3.59. The molecule has 1 unspecified atom stereocenters. The number of hydrogen-bond acceptors (Lipinski definition) is 5. The van der Waals surface area contributed by atoms with Crippen LogP contribution < -0.4 is 0 Å². The second-order valence-corrected chi connectivity index (χ2v) is 8.10. The Balaban J connectivity index is 2.21. The number of rotatable bonds is 5. The third-order valence-electron chi connectivity index (χ3n) is 4.54. The molecule has 0 radical (unpaired) electrons. The molecular weight excluding hydrogens is 364 g/mol. The lowest BCUT2D eigenvalue weighted by Gasteiger charge is -2.22. The van der Waals surface area contributed by atoms with Crippen molar-refractivity contribution in [2.75, 3.05) is 7.05 Å². The van der Waals surface area contributed by atoms with E-state index < -0.39 is 12.0 Å². The fraction of sp³-hybridized carbons (Fsp3) is 0.368. The molecule has 0 aromatic carbocycles. The Bertz CT molecular complexity index is 1020. The summed E-state index contributed by atoms with van der Waals surface area (Å²) in [6.07, 6.45) is 1.62. The van der Waals surface area contributed by atoms with E-state index in [9.17, 15) is 14.7 Å². The van der Waals surface area contributed by atoms with Gasteiger partial charge in [-0.25, -0.2) is 14.5 Å². The SMILES string of the molecule is Cc1ccc(-c2cc(C(=O)N(C)C(C)C(=O)O)c3cnn(C(C)C)c3n2)s1. The van der Waals surface area contributed by atoms with Gasteiger partial charge in [0, 0.05) is 18.0 Å². The van der Waals surface area contributed by atoms with Crippen LogP contribution in [0.15, 0.2) is 24.4 Å². The molecule has 0 aliphatic carbocycles. The molecule has 8 heteroatoms. The number of carboxylic acids is 1. The summed E-state index contributed by atoms with van der Waals surface area (Å²) >= 11 is 1.60. The number of carboxylic acid groups (broad SMARTS) is 1. The minimum atomic E-state index is -1.05. The van der Waals surface area contributed by atoms with E-state index in [1.807, 2.05) is 32.9 Å². The number of carbonyl (C=O) groups is 2. The molecular formula is C19H22N4O3S. The van der Waals surface area contributed by atoms with E-state index in [0.717, 1.165) is 9.75 Å². The van der Waals surface area contributed by atoms with Crippen molar-refractivity contribution < 1.29 is 14.7 Å². The molecule has 0 fully saturated rings. The zero-order valence-corrected chi connectivity index (χ0v) is 16.7. The Morgan fingerprint density at radius 2 is 1.96 bits per heavy atom. The van der Waals surface area contributed by atoms with Crippen LogP contribution in [0.3, 0.4) is 0 Å². The third kappa shape index (κ3) is 3.44. The molecule has 0 saturated carbocycles. The summed E-state index contributed by atoms with van der Waals surface area (Å²) in [5, 5.41) is 14.3. The van der Waals surface area contributed by atoms with Gasteiger partial charge in [0.05, 0.1) is 27.7 Å². The van der Waals surface area contributed by atoms with Crippen molar-refractivity contribution in [1.29, 1.82) is 0 Å². The molecule has 3 heterocycles. The number of hydrogen-bond donors (Lipinski definition) is 1. The second kappa shape index (κ2) is 7.11. The topological polar surface area (TPSA) is 88.3 Å². The standard InChI is InChI=1S/C19H22N4O3S/c1-10(2)23-17-14(9-20-23)13(18(24)22(5)12(4)19(25)26)8-15(21-17)16-7-6-11(3)27-16/h6-10,12H,1-5H3,(H,25,26). The number of nitrogens with zero attached hydrogens (tertiary/aromatic N) is 4. The van der Waals surface area contributed by atoms with Gasteiger partial charge in [-0.15, -0.1) is 11.3 Å². The van der Waals surface area contributed by atoms with Gasteiger partial charge in [0.2, 0.25) is 0 Å². The third-order valence-corrected chi connectivity index (χ3v) is 5.56. The Kier molecular flexibility index (Phi) is 5.01. The van der Waals surface area contributed by atoms with E-state index in [0.29, 0.717) is 22.3 Å². The quantitative estimate of drug-likeness (QED) is 0.724. The summed E-state index contributed by atoms with van der Waals surface area (Å²) in [4.78, 5) is 32.5. The van der Waals surface area contributed by atoms with Crippen LogP contribution >= 0.6 is 11.3 Å². The van der Waals surface area contributed by atoms with Gasteiger partial charge in [0.15, 0.2) is 5.65 Å². The highest BCUT2D eigenvalue weighted by molar-refractivity contribution is 7.15. The summed E-state index contributed by atoms with van der Waals surface area (Å²) in [6.45, 7) is 7.49. The first-order valence-corrected chi connectivity index (χ1v) is 9.47. The number of aromatic nitrogens is 3. The first-order chi connectivity index (χ1) is 12.7. The summed E-state index contributed by atoms with van der Waals surface area (Å²) in [5.74, 6) is -1.42. The molecule has 7 nitrogen and oxygen atoms in total. The molecule has 0 aliphatic heterocycles. The van der Waals surface area contributed by atoms with Crippen LogP contribution in [0.5, 0.6) is 0 Å². The molecule has 3 aromatic rings. The van der Waals surface area contributed by atoms with Crippen LogP contribution in [0, 0.1) is 6.92 Å². The van der Waals surface area contributed by atoms with Crippen molar-refractivity contribution in [3.8, 4) is 10.6 Å². The van der Waals surface area contributed by atoms with Crippen LogP contribution in [0.2, 0.25) is 0 Å². The van der Waals surface area contributed by atoms with Crippen LogP contribution in [0.4, 0.5) is 0 Å². The molecule has 1 amide bonds. The molecule has 0 spiro atoms. The van der Waals surface area contributed by atoms with Gasteiger partial charge in [-0.1, -0.05) is 0 Å². The second-order valence-electron chi connectivity index (χ2n) is 6.82. The summed E-state index contributed by atoms with van der Waals surface area (Å²) in [7, 11) is 1.50. The molecule has 142 valence electrons. The monoisotopic (exact) mass is 386 g/mol. The Morgan fingerprint density at radius 1 is 1.26 bits per heavy atom. The number of thiophene rings is 1. The molecule has 0 aliphatic rings. The summed E-state index contributed by atoms with van der Waals surface area (Å²) in [6, 6.07) is 4.85. The van der Waals surface area contributed by atoms with E-state index in [1.54, 1.807) is 28.3 Å². The maximum absolute atomic E-state index is 13.1. The minimum absolute atomic E-state index is 0.0777. The summed E-state index contributed by atoms with van der Waals surface area (Å²) in [5.41, 5.74) is 1.71. The highest BCUT2D eigenvalue weighted by Crippen LogP contribution is 2.31. The number of pyridine rings is 1. The molecule has 27 heavy (non-hydrogen) atoms. The number of amides is 1. The van der Waals surface area contributed by atoms with Gasteiger partial charge in [0.25, 0.3) is 5.91 Å². The number of carbonyl (C=O) groups excluding carboxylic acids is 1. The average Bonchev–Trinajstić information content (AvgIpc) is 3.24. The van der Waals surface area contributed by atoms with Gasteiger partial charge in [0.1, 0.15) is 6.04 Å². The number of fused-ring (bicyclic) bond motifs is 1. The van der Waals surface area contributed by atoms with E-state index >= 15 is 0 Å². The van der Waals surface area contributed by atoms with Crippen molar-refractivity contribution in [3.05, 3.63) is 34.8 Å². The van der Waals surface area contributed by atoms with Crippen molar-refractivity contribution in [2.24, 2.45) is 0 Å². The largest absolute Gasteiger partial charge is 0.480 e. The van der Waals surface area contributed by atoms with Gasteiger partial charge in [-0.05, 0) is 45.9 Å². The number of aliphatic carboxylic acids is 1. The normalized spacial score (nSPS) is 12.5. The fourth-order valence-electron chi connectivity index (χ4n) is 2.80. The first kappa shape index (κ1) is 19.0. The van der Waals surface area contributed by atoms with Gasteiger partial charge >= 0.3 is 5.97 Å². The van der Waals surface area contributed by atoms with Crippen LogP contribution in [0.1, 0.15) is 42.0 Å². The lowest BCUT2D eigenvalue weighted by molar-refractivity contribution is -0.141.